The van der Waals surface area contributed by atoms with Crippen LogP contribution in [0.15, 0.2) is 89.8 Å². The largest absolute Gasteiger partial charge is 0.398 e. The lowest BCUT2D eigenvalue weighted by Crippen LogP contribution is -2.46. The van der Waals surface area contributed by atoms with E-state index in [2.05, 4.69) is 40.6 Å². The van der Waals surface area contributed by atoms with Crippen LogP contribution in [0.5, 0.6) is 0 Å². The van der Waals surface area contributed by atoms with Crippen molar-refractivity contribution in [2.75, 3.05) is 11.5 Å². The van der Waals surface area contributed by atoms with Gasteiger partial charge in [-0.3, -0.25) is 9.59 Å². The number of rotatable bonds is 10. The minimum atomic E-state index is -0.965. The second-order valence-corrected chi connectivity index (χ2v) is 12.1. The summed E-state index contributed by atoms with van der Waals surface area (Å²) in [6, 6.07) is 26.1. The van der Waals surface area contributed by atoms with Gasteiger partial charge in [-0.1, -0.05) is 54.6 Å². The van der Waals surface area contributed by atoms with Gasteiger partial charge in [0.25, 0.3) is 11.8 Å². The molecular weight excluding hydrogens is 518 g/mol. The molecule has 4 aromatic rings. The molecule has 0 aliphatic carbocycles. The van der Waals surface area contributed by atoms with Crippen molar-refractivity contribution in [2.45, 2.75) is 56.7 Å². The number of nitrogens with two attached hydrogens (primary N) is 1. The molecule has 0 saturated carbocycles. The van der Waals surface area contributed by atoms with Crippen molar-refractivity contribution in [1.82, 2.24) is 10.6 Å². The average Bonchev–Trinajstić information content (AvgIpc) is 2.94. The third-order valence-corrected chi connectivity index (χ3v) is 7.80. The summed E-state index contributed by atoms with van der Waals surface area (Å²) in [5, 5.41) is 19.8. The summed E-state index contributed by atoms with van der Waals surface area (Å²) in [5.41, 5.74) is 4.79. The molecule has 5 N–H and O–H groups in total. The van der Waals surface area contributed by atoms with Crippen molar-refractivity contribution in [2.24, 2.45) is 0 Å². The third kappa shape index (κ3) is 7.43. The van der Waals surface area contributed by atoms with E-state index in [0.717, 1.165) is 15.7 Å². The Balaban J connectivity index is 1.59. The summed E-state index contributed by atoms with van der Waals surface area (Å²) in [6.45, 7) is 7.55. The molecule has 2 atom stereocenters. The highest BCUT2D eigenvalue weighted by Gasteiger charge is 2.26. The number of aliphatic hydroxyl groups is 1. The smallest absolute Gasteiger partial charge is 0.251 e. The van der Waals surface area contributed by atoms with E-state index in [4.69, 9.17) is 1.41 Å². The molecule has 4 aromatic carbocycles. The summed E-state index contributed by atoms with van der Waals surface area (Å²) in [6.07, 6.45) is -0.780. The third-order valence-electron chi connectivity index (χ3n) is 6.69. The van der Waals surface area contributed by atoms with Gasteiger partial charge in [0, 0.05) is 39.4 Å². The molecule has 7 heteroatoms. The molecule has 6 nitrogen and oxygen atoms in total. The average molecular weight is 557 g/mol. The van der Waals surface area contributed by atoms with Crippen molar-refractivity contribution in [1.29, 1.82) is 0 Å². The van der Waals surface area contributed by atoms with Crippen LogP contribution >= 0.6 is 11.8 Å². The molecule has 0 radical (unpaired) electrons. The number of thioether (sulfide) groups is 1. The topological polar surface area (TPSA) is 104 Å². The predicted octanol–water partition coefficient (Wildman–Crippen LogP) is 5.75. The number of nitrogen functional groups attached to an aromatic ring is 1. The minimum absolute atomic E-state index is 0.185. The Bertz CT molecular complexity index is 1540. The van der Waals surface area contributed by atoms with E-state index in [9.17, 15) is 14.7 Å². The lowest BCUT2D eigenvalue weighted by atomic mass is 9.96. The molecule has 0 saturated heterocycles. The molecule has 1 unspecified atom stereocenters. The molecule has 0 fully saturated rings. The zero-order valence-corrected chi connectivity index (χ0v) is 24.1. The van der Waals surface area contributed by atoms with E-state index >= 15 is 0 Å². The van der Waals surface area contributed by atoms with Gasteiger partial charge in [-0.2, -0.15) is 0 Å². The maximum Gasteiger partial charge on any atom is 0.251 e. The summed E-state index contributed by atoms with van der Waals surface area (Å²) in [4.78, 5) is 27.5. The Kier molecular flexibility index (Phi) is 8.72. The van der Waals surface area contributed by atoms with Crippen LogP contribution in [0.1, 0.15) is 52.6 Å². The first-order chi connectivity index (χ1) is 19.6. The van der Waals surface area contributed by atoms with E-state index in [1.54, 1.807) is 49.0 Å². The lowest BCUT2D eigenvalue weighted by molar-refractivity contribution is 0.0849. The fourth-order valence-electron chi connectivity index (χ4n) is 4.52. The van der Waals surface area contributed by atoms with Crippen LogP contribution in [0.2, 0.25) is 1.41 Å². The van der Waals surface area contributed by atoms with Crippen LogP contribution in [0, 0.1) is 6.92 Å². The Hall–Kier alpha value is -3.81. The number of carbonyl (C=O) groups excluding carboxylic acids is 2. The van der Waals surface area contributed by atoms with Crippen LogP contribution < -0.4 is 16.4 Å². The Labute approximate surface area is 241 Å². The Morgan fingerprint density at radius 3 is 2.38 bits per heavy atom. The van der Waals surface area contributed by atoms with Crippen molar-refractivity contribution < 1.29 is 16.1 Å². The number of hydrogen-bond acceptors (Lipinski definition) is 5. The number of nitrogens with one attached hydrogen (secondary N) is 2. The lowest BCUT2D eigenvalue weighted by Gasteiger charge is -2.26. The second kappa shape index (κ2) is 12.6. The monoisotopic (exact) mass is 556 g/mol. The highest BCUT2D eigenvalue weighted by atomic mass is 32.2. The highest BCUT2D eigenvalue weighted by molar-refractivity contribution is 7.99. The van der Waals surface area contributed by atoms with Crippen molar-refractivity contribution in [3.63, 3.8) is 0 Å². The number of anilines is 1. The SMILES string of the molecule is [2H]Nc1cccc(C(=O)N[C@@H](CSc2ccc3ccccc3c2)C(O)Cc2ccccc2C(=O)NC(C)(C)C)c1C. The molecule has 0 aliphatic heterocycles. The first-order valence-corrected chi connectivity index (χ1v) is 14.3. The summed E-state index contributed by atoms with van der Waals surface area (Å²) < 4.78 is 7.53. The van der Waals surface area contributed by atoms with E-state index in [0.29, 0.717) is 33.7 Å². The van der Waals surface area contributed by atoms with Crippen molar-refractivity contribution >= 4 is 40.0 Å². The molecule has 4 rings (SSSR count). The molecule has 0 aliphatic rings. The maximum atomic E-state index is 13.4. The minimum Gasteiger partial charge on any atom is -0.398 e. The first-order valence-electron chi connectivity index (χ1n) is 13.8. The van der Waals surface area contributed by atoms with E-state index in [1.165, 1.54) is 0 Å². The number of hydrogen-bond donors (Lipinski definition) is 4. The molecule has 2 amide bonds. The summed E-state index contributed by atoms with van der Waals surface area (Å²) in [5.74, 6) is -0.125. The Morgan fingerprint density at radius 2 is 1.62 bits per heavy atom. The predicted molar refractivity (Wildman–Crippen MR) is 165 cm³/mol. The van der Waals surface area contributed by atoms with Gasteiger partial charge in [-0.15, -0.1) is 11.8 Å². The number of benzene rings is 4. The van der Waals surface area contributed by atoms with Crippen LogP contribution in [0.3, 0.4) is 0 Å². The second-order valence-electron chi connectivity index (χ2n) is 11.0. The zero-order chi connectivity index (χ0) is 29.6. The van der Waals surface area contributed by atoms with Crippen LogP contribution in [0.4, 0.5) is 5.69 Å². The molecule has 0 heterocycles. The molecule has 0 aromatic heterocycles. The number of carbonyl (C=O) groups is 2. The van der Waals surface area contributed by atoms with E-state index in [-0.39, 0.29) is 18.2 Å². The Morgan fingerprint density at radius 1 is 0.925 bits per heavy atom. The number of aliphatic hydroxyl groups excluding tert-OH is 1. The molecule has 0 spiro atoms. The van der Waals surface area contributed by atoms with Gasteiger partial charge >= 0.3 is 0 Å². The number of fused-ring (bicyclic) bond motifs is 1. The van der Waals surface area contributed by atoms with E-state index < -0.39 is 17.7 Å². The molecule has 0 bridgehead atoms. The van der Waals surface area contributed by atoms with Gasteiger partial charge in [0.2, 0.25) is 0 Å². The maximum absolute atomic E-state index is 13.4. The van der Waals surface area contributed by atoms with Crippen LogP contribution in [0.25, 0.3) is 10.8 Å². The summed E-state index contributed by atoms with van der Waals surface area (Å²) >= 11 is 1.55. The van der Waals surface area contributed by atoms with Gasteiger partial charge in [-0.25, -0.2) is 0 Å². The van der Waals surface area contributed by atoms with Gasteiger partial charge in [0.05, 0.1) is 12.1 Å². The van der Waals surface area contributed by atoms with Crippen molar-refractivity contribution in [3.8, 4) is 0 Å². The van der Waals surface area contributed by atoms with Gasteiger partial charge in [0.15, 0.2) is 1.41 Å². The van der Waals surface area contributed by atoms with Gasteiger partial charge < -0.3 is 21.5 Å². The van der Waals surface area contributed by atoms with Gasteiger partial charge in [-0.05, 0) is 79.9 Å². The van der Waals surface area contributed by atoms with Crippen LogP contribution in [-0.2, 0) is 6.42 Å². The molecule has 40 heavy (non-hydrogen) atoms. The van der Waals surface area contributed by atoms with E-state index in [1.807, 2.05) is 51.1 Å². The fraction of sp³-hybridized carbons (Fsp3) is 0.273. The van der Waals surface area contributed by atoms with Crippen LogP contribution in [-0.4, -0.2) is 40.4 Å². The standard InChI is InChI=1S/C33H37N3O3S/c1-21-26(14-9-15-28(21)34)31(38)35-29(20-40-25-17-16-22-10-5-6-11-23(22)18-25)30(37)19-24-12-7-8-13-27(24)32(39)36-33(2,3)4/h5-18,29-30,37H,19-20,34H2,1-4H3,(H,35,38)(H,36,39)/t29-,30?/m0/s1/i/hD. The molecular formula is C33H37N3O3S. The van der Waals surface area contributed by atoms with Gasteiger partial charge in [0.1, 0.15) is 0 Å². The quantitative estimate of drug-likeness (QED) is 0.147. The van der Waals surface area contributed by atoms with Crippen molar-refractivity contribution in [3.05, 3.63) is 107 Å². The first kappa shape index (κ1) is 27.7. The zero-order valence-electron chi connectivity index (χ0n) is 24.3. The normalized spacial score (nSPS) is 13.3. The fourth-order valence-corrected chi connectivity index (χ4v) is 5.57. The molecule has 208 valence electrons. The summed E-state index contributed by atoms with van der Waals surface area (Å²) in [7, 11) is 0. The number of amides is 2. The highest BCUT2D eigenvalue weighted by Crippen LogP contribution is 2.26.